The lowest BCUT2D eigenvalue weighted by Gasteiger charge is -2.30. The molecule has 31 heavy (non-hydrogen) atoms. The SMILES string of the molecule is COc1ccc2c(COC(=O)C3CCCN(S(=O)(=O)c4cccs4)C3)cc(=O)oc2c1. The number of rotatable bonds is 6. The maximum atomic E-state index is 12.8. The number of fused-ring (bicyclic) bond motifs is 1. The second-order valence-corrected chi connectivity index (χ2v) is 10.3. The molecule has 1 saturated heterocycles. The number of thiophene rings is 1. The van der Waals surface area contributed by atoms with Crippen molar-refractivity contribution in [1.29, 1.82) is 0 Å². The maximum absolute atomic E-state index is 12.8. The van der Waals surface area contributed by atoms with Gasteiger partial charge in [-0.2, -0.15) is 4.31 Å². The molecular weight excluding hydrogens is 442 g/mol. The van der Waals surface area contributed by atoms with Gasteiger partial charge in [-0.15, -0.1) is 11.3 Å². The van der Waals surface area contributed by atoms with Crippen LogP contribution in [0.15, 0.2) is 55.2 Å². The summed E-state index contributed by atoms with van der Waals surface area (Å²) in [6.07, 6.45) is 1.12. The summed E-state index contributed by atoms with van der Waals surface area (Å²) in [5.41, 5.74) is 0.294. The lowest BCUT2D eigenvalue weighted by Crippen LogP contribution is -2.42. The van der Waals surface area contributed by atoms with E-state index in [0.29, 0.717) is 41.7 Å². The third-order valence-electron chi connectivity index (χ3n) is 5.21. The Hall–Kier alpha value is -2.69. The molecule has 2 aromatic heterocycles. The van der Waals surface area contributed by atoms with Crippen LogP contribution in [-0.2, 0) is 26.2 Å². The molecule has 0 spiro atoms. The van der Waals surface area contributed by atoms with E-state index in [1.807, 2.05) is 0 Å². The highest BCUT2D eigenvalue weighted by molar-refractivity contribution is 7.91. The Balaban J connectivity index is 1.47. The molecule has 1 aliphatic heterocycles. The molecule has 0 aliphatic carbocycles. The molecule has 8 nitrogen and oxygen atoms in total. The molecule has 1 aliphatic rings. The summed E-state index contributed by atoms with van der Waals surface area (Å²) in [5, 5.41) is 2.34. The number of hydrogen-bond acceptors (Lipinski definition) is 8. The van der Waals surface area contributed by atoms with Crippen molar-refractivity contribution >= 4 is 38.3 Å². The van der Waals surface area contributed by atoms with Crippen molar-refractivity contribution in [3.8, 4) is 5.75 Å². The third-order valence-corrected chi connectivity index (χ3v) is 8.45. The molecule has 0 bridgehead atoms. The van der Waals surface area contributed by atoms with Crippen molar-refractivity contribution in [3.63, 3.8) is 0 Å². The van der Waals surface area contributed by atoms with E-state index in [1.165, 1.54) is 17.5 Å². The highest BCUT2D eigenvalue weighted by atomic mass is 32.2. The normalized spacial score (nSPS) is 17.5. The van der Waals surface area contributed by atoms with Gasteiger partial charge >= 0.3 is 11.6 Å². The highest BCUT2D eigenvalue weighted by Crippen LogP contribution is 2.28. The highest BCUT2D eigenvalue weighted by Gasteiger charge is 2.34. The van der Waals surface area contributed by atoms with Gasteiger partial charge < -0.3 is 13.9 Å². The van der Waals surface area contributed by atoms with Gasteiger partial charge in [-0.25, -0.2) is 13.2 Å². The van der Waals surface area contributed by atoms with Crippen molar-refractivity contribution in [2.24, 2.45) is 5.92 Å². The average Bonchev–Trinajstić information content (AvgIpc) is 3.32. The van der Waals surface area contributed by atoms with Crippen molar-refractivity contribution < 1.29 is 27.1 Å². The van der Waals surface area contributed by atoms with Crippen LogP contribution in [0.5, 0.6) is 5.75 Å². The average molecular weight is 464 g/mol. The molecule has 1 aromatic carbocycles. The summed E-state index contributed by atoms with van der Waals surface area (Å²) >= 11 is 1.15. The van der Waals surface area contributed by atoms with Crippen LogP contribution in [0.2, 0.25) is 0 Å². The first kappa shape index (κ1) is 21.5. The zero-order chi connectivity index (χ0) is 22.0. The van der Waals surface area contributed by atoms with E-state index in [-0.39, 0.29) is 17.4 Å². The fourth-order valence-electron chi connectivity index (χ4n) is 3.61. The molecule has 164 valence electrons. The number of methoxy groups -OCH3 is 1. The Kier molecular flexibility index (Phi) is 6.12. The van der Waals surface area contributed by atoms with Crippen LogP contribution in [0.4, 0.5) is 0 Å². The molecule has 0 radical (unpaired) electrons. The summed E-state index contributed by atoms with van der Waals surface area (Å²) in [5.74, 6) is -0.505. The van der Waals surface area contributed by atoms with Crippen molar-refractivity contribution in [2.45, 2.75) is 23.7 Å². The number of ether oxygens (including phenoxy) is 2. The van der Waals surface area contributed by atoms with Crippen LogP contribution in [0.25, 0.3) is 11.0 Å². The number of hydrogen-bond donors (Lipinski definition) is 0. The Morgan fingerprint density at radius 1 is 1.29 bits per heavy atom. The molecule has 1 fully saturated rings. The van der Waals surface area contributed by atoms with E-state index in [4.69, 9.17) is 13.9 Å². The minimum Gasteiger partial charge on any atom is -0.497 e. The summed E-state index contributed by atoms with van der Waals surface area (Å²) in [6.45, 7) is 0.339. The van der Waals surface area contributed by atoms with Gasteiger partial charge in [-0.3, -0.25) is 4.79 Å². The summed E-state index contributed by atoms with van der Waals surface area (Å²) < 4.78 is 42.9. The standard InChI is InChI=1S/C21H21NO7S2/c1-27-16-6-7-17-15(10-19(23)29-18(17)11-16)13-28-21(24)14-4-2-8-22(12-14)31(25,26)20-5-3-9-30-20/h3,5-7,9-11,14H,2,4,8,12-13H2,1H3. The molecule has 0 saturated carbocycles. The number of benzene rings is 1. The molecule has 3 heterocycles. The van der Waals surface area contributed by atoms with E-state index in [1.54, 1.807) is 35.7 Å². The quantitative estimate of drug-likeness (QED) is 0.409. The van der Waals surface area contributed by atoms with Gasteiger partial charge in [0.25, 0.3) is 10.0 Å². The van der Waals surface area contributed by atoms with Crippen LogP contribution in [0.1, 0.15) is 18.4 Å². The predicted molar refractivity (Wildman–Crippen MR) is 115 cm³/mol. The lowest BCUT2D eigenvalue weighted by atomic mass is 10.00. The zero-order valence-electron chi connectivity index (χ0n) is 16.8. The van der Waals surface area contributed by atoms with Gasteiger partial charge in [0.05, 0.1) is 13.0 Å². The molecule has 1 atom stereocenters. The predicted octanol–water partition coefficient (Wildman–Crippen LogP) is 3.01. The van der Waals surface area contributed by atoms with Gasteiger partial charge in [0.15, 0.2) is 0 Å². The molecular formula is C21H21NO7S2. The zero-order valence-corrected chi connectivity index (χ0v) is 18.4. The fraction of sp³-hybridized carbons (Fsp3) is 0.333. The lowest BCUT2D eigenvalue weighted by molar-refractivity contribution is -0.151. The van der Waals surface area contributed by atoms with Crippen LogP contribution >= 0.6 is 11.3 Å². The first-order chi connectivity index (χ1) is 14.9. The number of piperidine rings is 1. The second-order valence-electron chi connectivity index (χ2n) is 7.19. The summed E-state index contributed by atoms with van der Waals surface area (Å²) in [7, 11) is -2.10. The monoisotopic (exact) mass is 463 g/mol. The number of sulfonamides is 1. The fourth-order valence-corrected chi connectivity index (χ4v) is 6.28. The number of esters is 1. The van der Waals surface area contributed by atoms with Crippen LogP contribution in [0.3, 0.4) is 0 Å². The minimum absolute atomic E-state index is 0.0773. The first-order valence-electron chi connectivity index (χ1n) is 9.69. The number of carbonyl (C=O) groups is 1. The second kappa shape index (κ2) is 8.81. The van der Waals surface area contributed by atoms with Crippen molar-refractivity contribution in [3.05, 3.63) is 57.8 Å². The van der Waals surface area contributed by atoms with E-state index in [0.717, 1.165) is 11.3 Å². The van der Waals surface area contributed by atoms with E-state index in [9.17, 15) is 18.0 Å². The van der Waals surface area contributed by atoms with Gasteiger partial charge in [0, 0.05) is 36.2 Å². The third kappa shape index (κ3) is 4.51. The Labute approximate surface area is 183 Å². The van der Waals surface area contributed by atoms with E-state index >= 15 is 0 Å². The van der Waals surface area contributed by atoms with Crippen molar-refractivity contribution in [2.75, 3.05) is 20.2 Å². The Morgan fingerprint density at radius 2 is 2.13 bits per heavy atom. The summed E-state index contributed by atoms with van der Waals surface area (Å²) in [4.78, 5) is 24.6. The van der Waals surface area contributed by atoms with Gasteiger partial charge in [-0.05, 0) is 36.4 Å². The van der Waals surface area contributed by atoms with Crippen LogP contribution in [-0.4, -0.2) is 38.9 Å². The van der Waals surface area contributed by atoms with E-state index < -0.39 is 27.5 Å². The van der Waals surface area contributed by atoms with Gasteiger partial charge in [0.1, 0.15) is 22.1 Å². The van der Waals surface area contributed by atoms with Crippen LogP contribution in [0, 0.1) is 5.92 Å². The van der Waals surface area contributed by atoms with Gasteiger partial charge in [-0.1, -0.05) is 6.07 Å². The summed E-state index contributed by atoms with van der Waals surface area (Å²) in [6, 6.07) is 9.58. The Morgan fingerprint density at radius 3 is 2.87 bits per heavy atom. The van der Waals surface area contributed by atoms with Crippen molar-refractivity contribution in [1.82, 2.24) is 4.31 Å². The molecule has 3 aromatic rings. The smallest absolute Gasteiger partial charge is 0.336 e. The topological polar surface area (TPSA) is 103 Å². The van der Waals surface area contributed by atoms with E-state index in [2.05, 4.69) is 0 Å². The maximum Gasteiger partial charge on any atom is 0.336 e. The largest absolute Gasteiger partial charge is 0.497 e. The minimum atomic E-state index is -3.61. The molecule has 10 heteroatoms. The number of nitrogens with zero attached hydrogens (tertiary/aromatic N) is 1. The number of carbonyl (C=O) groups excluding carboxylic acids is 1. The molecule has 0 N–H and O–H groups in total. The molecule has 4 rings (SSSR count). The van der Waals surface area contributed by atoms with Gasteiger partial charge in [0.2, 0.25) is 0 Å². The van der Waals surface area contributed by atoms with Crippen LogP contribution < -0.4 is 10.4 Å². The first-order valence-corrected chi connectivity index (χ1v) is 12.0. The molecule has 0 amide bonds. The Bertz CT molecular complexity index is 1250. The molecule has 1 unspecified atom stereocenters.